The number of rotatable bonds is 7. The molecule has 162 valence electrons. The van der Waals surface area contributed by atoms with Crippen molar-refractivity contribution in [1.29, 1.82) is 0 Å². The topological polar surface area (TPSA) is 102 Å². The van der Waals surface area contributed by atoms with Crippen molar-refractivity contribution in [2.24, 2.45) is 7.05 Å². The lowest BCUT2D eigenvalue weighted by Crippen LogP contribution is -2.28. The third-order valence-electron chi connectivity index (χ3n) is 4.93. The van der Waals surface area contributed by atoms with Crippen molar-refractivity contribution in [3.05, 3.63) is 78.2 Å². The maximum Gasteiger partial charge on any atom is 0.253 e. The molecule has 2 heterocycles. The number of fused-ring (bicyclic) bond motifs is 1. The van der Waals surface area contributed by atoms with Crippen molar-refractivity contribution in [3.8, 4) is 0 Å². The number of hydrogen-bond acceptors (Lipinski definition) is 6. The molecule has 2 amide bonds. The molecule has 0 spiro atoms. The third kappa shape index (κ3) is 4.78. The second kappa shape index (κ2) is 9.61. The standard InChI is InChI=1S/C23H22N6O2S/c1-15(16-8-4-3-5-9-16)27-22(31)17-10-6-7-11-19(17)28-20(30)13-32-23-18-12-26-29(2)21(18)24-14-25-23/h3-12,14-15H,13H2,1-2H3,(H,27,31)(H,28,30)/t15-/m1/s1. The SMILES string of the molecule is C[C@@H](NC(=O)c1ccccc1NC(=O)CSc1ncnc2c1cnn2C)c1ccccc1. The molecule has 2 aromatic heterocycles. The fourth-order valence-electron chi connectivity index (χ4n) is 3.27. The van der Waals surface area contributed by atoms with Crippen LogP contribution in [0.3, 0.4) is 0 Å². The van der Waals surface area contributed by atoms with E-state index in [1.807, 2.05) is 37.3 Å². The Bertz CT molecular complexity index is 1260. The second-order valence-electron chi connectivity index (χ2n) is 7.17. The summed E-state index contributed by atoms with van der Waals surface area (Å²) in [5.74, 6) is -0.350. The minimum atomic E-state index is -0.252. The summed E-state index contributed by atoms with van der Waals surface area (Å²) in [4.78, 5) is 33.9. The summed E-state index contributed by atoms with van der Waals surface area (Å²) >= 11 is 1.30. The molecule has 0 saturated carbocycles. The van der Waals surface area contributed by atoms with E-state index < -0.39 is 0 Å². The van der Waals surface area contributed by atoms with Gasteiger partial charge in [0.05, 0.1) is 34.6 Å². The van der Waals surface area contributed by atoms with Gasteiger partial charge >= 0.3 is 0 Å². The van der Waals surface area contributed by atoms with Gasteiger partial charge in [0.2, 0.25) is 5.91 Å². The number of anilines is 1. The van der Waals surface area contributed by atoms with Crippen LogP contribution in [0.4, 0.5) is 5.69 Å². The minimum Gasteiger partial charge on any atom is -0.345 e. The number of para-hydroxylation sites is 1. The lowest BCUT2D eigenvalue weighted by molar-refractivity contribution is -0.113. The van der Waals surface area contributed by atoms with Crippen LogP contribution in [-0.4, -0.2) is 37.3 Å². The van der Waals surface area contributed by atoms with Gasteiger partial charge in [-0.3, -0.25) is 14.3 Å². The predicted octanol–water partition coefficient (Wildman–Crippen LogP) is 3.59. The van der Waals surface area contributed by atoms with Crippen LogP contribution in [0.1, 0.15) is 28.9 Å². The maximum atomic E-state index is 12.9. The first-order chi connectivity index (χ1) is 15.5. The largest absolute Gasteiger partial charge is 0.345 e. The van der Waals surface area contributed by atoms with Crippen LogP contribution in [0.2, 0.25) is 0 Å². The van der Waals surface area contributed by atoms with Gasteiger partial charge in [0.1, 0.15) is 11.4 Å². The lowest BCUT2D eigenvalue weighted by atomic mass is 10.1. The smallest absolute Gasteiger partial charge is 0.253 e. The Kier molecular flexibility index (Phi) is 6.46. The first kappa shape index (κ1) is 21.5. The molecule has 2 N–H and O–H groups in total. The van der Waals surface area contributed by atoms with E-state index in [0.717, 1.165) is 10.9 Å². The van der Waals surface area contributed by atoms with E-state index in [1.165, 1.54) is 18.1 Å². The molecule has 9 heteroatoms. The Morgan fingerprint density at radius 2 is 1.81 bits per heavy atom. The number of amides is 2. The molecule has 0 aliphatic rings. The number of benzene rings is 2. The van der Waals surface area contributed by atoms with Gasteiger partial charge in [-0.2, -0.15) is 5.10 Å². The highest BCUT2D eigenvalue weighted by Gasteiger charge is 2.17. The van der Waals surface area contributed by atoms with E-state index in [1.54, 1.807) is 42.2 Å². The number of carbonyl (C=O) groups excluding carboxylic acids is 2. The van der Waals surface area contributed by atoms with Gasteiger partial charge in [-0.15, -0.1) is 0 Å². The highest BCUT2D eigenvalue weighted by atomic mass is 32.2. The Balaban J connectivity index is 1.42. The number of aromatic nitrogens is 4. The number of thioether (sulfide) groups is 1. The van der Waals surface area contributed by atoms with E-state index in [4.69, 9.17) is 0 Å². The zero-order valence-electron chi connectivity index (χ0n) is 17.6. The molecule has 0 unspecified atom stereocenters. The zero-order chi connectivity index (χ0) is 22.5. The van der Waals surface area contributed by atoms with E-state index in [9.17, 15) is 9.59 Å². The quantitative estimate of drug-likeness (QED) is 0.332. The summed E-state index contributed by atoms with van der Waals surface area (Å²) in [5, 5.41) is 11.5. The summed E-state index contributed by atoms with van der Waals surface area (Å²) in [7, 11) is 1.80. The van der Waals surface area contributed by atoms with Gasteiger partial charge in [0.25, 0.3) is 5.91 Å². The Hall–Kier alpha value is -3.72. The van der Waals surface area contributed by atoms with Crippen LogP contribution in [0.5, 0.6) is 0 Å². The average molecular weight is 447 g/mol. The van der Waals surface area contributed by atoms with E-state index in [0.29, 0.717) is 21.9 Å². The number of aryl methyl sites for hydroxylation is 1. The van der Waals surface area contributed by atoms with E-state index >= 15 is 0 Å². The Morgan fingerprint density at radius 1 is 1.06 bits per heavy atom. The fourth-order valence-corrected chi connectivity index (χ4v) is 4.03. The van der Waals surface area contributed by atoms with Crippen LogP contribution >= 0.6 is 11.8 Å². The fraction of sp³-hybridized carbons (Fsp3) is 0.174. The second-order valence-corrected chi connectivity index (χ2v) is 8.14. The number of hydrogen-bond donors (Lipinski definition) is 2. The first-order valence-electron chi connectivity index (χ1n) is 10.0. The average Bonchev–Trinajstić information content (AvgIpc) is 3.20. The molecule has 2 aromatic carbocycles. The molecule has 0 aliphatic heterocycles. The molecule has 32 heavy (non-hydrogen) atoms. The van der Waals surface area contributed by atoms with Gasteiger partial charge < -0.3 is 10.6 Å². The van der Waals surface area contributed by atoms with Crippen molar-refractivity contribution >= 4 is 40.3 Å². The van der Waals surface area contributed by atoms with Gasteiger partial charge in [0, 0.05) is 7.05 Å². The number of carbonyl (C=O) groups is 2. The lowest BCUT2D eigenvalue weighted by Gasteiger charge is -2.16. The molecule has 0 bridgehead atoms. The van der Waals surface area contributed by atoms with Crippen LogP contribution in [-0.2, 0) is 11.8 Å². The summed E-state index contributed by atoms with van der Waals surface area (Å²) in [6.45, 7) is 1.92. The van der Waals surface area contributed by atoms with Crippen LogP contribution in [0.25, 0.3) is 11.0 Å². The van der Waals surface area contributed by atoms with Gasteiger partial charge in [-0.25, -0.2) is 9.97 Å². The van der Waals surface area contributed by atoms with Gasteiger partial charge in [-0.1, -0.05) is 54.2 Å². The third-order valence-corrected chi connectivity index (χ3v) is 5.93. The van der Waals surface area contributed by atoms with Crippen LogP contribution in [0, 0.1) is 0 Å². The molecule has 4 rings (SSSR count). The van der Waals surface area contributed by atoms with Crippen LogP contribution < -0.4 is 10.6 Å². The van der Waals surface area contributed by atoms with Crippen molar-refractivity contribution in [2.75, 3.05) is 11.1 Å². The molecule has 0 radical (unpaired) electrons. The number of nitrogens with zero attached hydrogens (tertiary/aromatic N) is 4. The predicted molar refractivity (Wildman–Crippen MR) is 124 cm³/mol. The van der Waals surface area contributed by atoms with Crippen molar-refractivity contribution in [2.45, 2.75) is 18.0 Å². The van der Waals surface area contributed by atoms with E-state index in [-0.39, 0.29) is 23.6 Å². The summed E-state index contributed by atoms with van der Waals surface area (Å²) < 4.78 is 1.66. The number of nitrogens with one attached hydrogen (secondary N) is 2. The Labute approximate surface area is 189 Å². The van der Waals surface area contributed by atoms with E-state index in [2.05, 4.69) is 25.7 Å². The molecule has 0 aliphatic carbocycles. The normalized spacial score (nSPS) is 11.8. The molecular formula is C23H22N6O2S. The first-order valence-corrected chi connectivity index (χ1v) is 11.0. The summed E-state index contributed by atoms with van der Waals surface area (Å²) in [6, 6.07) is 16.5. The minimum absolute atomic E-state index is 0.136. The molecular weight excluding hydrogens is 424 g/mol. The Morgan fingerprint density at radius 3 is 2.62 bits per heavy atom. The summed E-state index contributed by atoms with van der Waals surface area (Å²) in [6.07, 6.45) is 3.14. The molecule has 0 fully saturated rings. The zero-order valence-corrected chi connectivity index (χ0v) is 18.5. The van der Waals surface area contributed by atoms with Crippen molar-refractivity contribution in [1.82, 2.24) is 25.1 Å². The molecule has 1 atom stereocenters. The molecule has 4 aromatic rings. The monoisotopic (exact) mass is 446 g/mol. The van der Waals surface area contributed by atoms with Gasteiger partial charge in [0.15, 0.2) is 5.65 Å². The molecule has 0 saturated heterocycles. The molecule has 8 nitrogen and oxygen atoms in total. The van der Waals surface area contributed by atoms with Crippen molar-refractivity contribution in [3.63, 3.8) is 0 Å². The highest BCUT2D eigenvalue weighted by Crippen LogP contribution is 2.24. The summed E-state index contributed by atoms with van der Waals surface area (Å²) in [5.41, 5.74) is 2.58. The highest BCUT2D eigenvalue weighted by molar-refractivity contribution is 8.00. The van der Waals surface area contributed by atoms with Crippen molar-refractivity contribution < 1.29 is 9.59 Å². The van der Waals surface area contributed by atoms with Gasteiger partial charge in [-0.05, 0) is 24.6 Å². The maximum absolute atomic E-state index is 12.9. The van der Waals surface area contributed by atoms with Crippen LogP contribution in [0.15, 0.2) is 72.1 Å².